The standard InChI is InChI=1S/C14H15F3N2O/c15-14(16,17)9-20-6-5-13(18)12-8-19-7-10-3-1-2-4-11(10)12/h1-4,7-8,13H,5-6,9,18H2. The Hall–Kier alpha value is -1.66. The molecule has 0 aliphatic carbocycles. The maximum atomic E-state index is 11.9. The molecule has 2 aromatic rings. The van der Waals surface area contributed by atoms with Crippen molar-refractivity contribution in [2.24, 2.45) is 5.73 Å². The number of fused-ring (bicyclic) bond motifs is 1. The molecule has 0 aliphatic heterocycles. The van der Waals surface area contributed by atoms with E-state index >= 15 is 0 Å². The fraction of sp³-hybridized carbons (Fsp3) is 0.357. The van der Waals surface area contributed by atoms with Crippen molar-refractivity contribution >= 4 is 10.8 Å². The number of pyridine rings is 1. The molecule has 2 N–H and O–H groups in total. The Morgan fingerprint density at radius 2 is 1.95 bits per heavy atom. The molecule has 0 aliphatic rings. The predicted molar refractivity (Wildman–Crippen MR) is 70.2 cm³/mol. The molecular weight excluding hydrogens is 269 g/mol. The molecular formula is C14H15F3N2O. The fourth-order valence-electron chi connectivity index (χ4n) is 1.99. The summed E-state index contributed by atoms with van der Waals surface area (Å²) >= 11 is 0. The first-order chi connectivity index (χ1) is 9.47. The first-order valence-corrected chi connectivity index (χ1v) is 6.20. The van der Waals surface area contributed by atoms with Crippen LogP contribution in [0.25, 0.3) is 10.8 Å². The zero-order valence-electron chi connectivity index (χ0n) is 10.7. The highest BCUT2D eigenvalue weighted by Gasteiger charge is 2.27. The second-order valence-electron chi connectivity index (χ2n) is 4.51. The highest BCUT2D eigenvalue weighted by atomic mass is 19.4. The minimum Gasteiger partial charge on any atom is -0.372 e. The normalized spacial score (nSPS) is 13.6. The van der Waals surface area contributed by atoms with Gasteiger partial charge in [-0.05, 0) is 17.4 Å². The van der Waals surface area contributed by atoms with Crippen molar-refractivity contribution in [1.29, 1.82) is 0 Å². The molecule has 20 heavy (non-hydrogen) atoms. The van der Waals surface area contributed by atoms with Gasteiger partial charge >= 0.3 is 6.18 Å². The lowest BCUT2D eigenvalue weighted by atomic mass is 10.0. The molecule has 0 amide bonds. The molecule has 1 atom stereocenters. The molecule has 0 bridgehead atoms. The van der Waals surface area contributed by atoms with Crippen LogP contribution in [0.5, 0.6) is 0 Å². The smallest absolute Gasteiger partial charge is 0.372 e. The van der Waals surface area contributed by atoms with Gasteiger partial charge in [0.1, 0.15) is 6.61 Å². The van der Waals surface area contributed by atoms with E-state index < -0.39 is 18.8 Å². The average Bonchev–Trinajstić information content (AvgIpc) is 2.41. The summed E-state index contributed by atoms with van der Waals surface area (Å²) < 4.78 is 40.4. The summed E-state index contributed by atoms with van der Waals surface area (Å²) in [6.45, 7) is -1.28. The van der Waals surface area contributed by atoms with Gasteiger partial charge in [0, 0.05) is 30.4 Å². The van der Waals surface area contributed by atoms with Gasteiger partial charge in [-0.2, -0.15) is 13.2 Å². The Bertz CT molecular complexity index is 566. The molecule has 0 saturated carbocycles. The number of alkyl halides is 3. The minimum absolute atomic E-state index is 0.0378. The molecule has 6 heteroatoms. The lowest BCUT2D eigenvalue weighted by Gasteiger charge is -2.15. The number of nitrogens with zero attached hydrogens (tertiary/aromatic N) is 1. The van der Waals surface area contributed by atoms with Gasteiger partial charge in [-0.1, -0.05) is 24.3 Å². The molecule has 0 spiro atoms. The Morgan fingerprint density at radius 1 is 1.20 bits per heavy atom. The third-order valence-electron chi connectivity index (χ3n) is 2.94. The number of rotatable bonds is 5. The summed E-state index contributed by atoms with van der Waals surface area (Å²) in [4.78, 5) is 4.10. The van der Waals surface area contributed by atoms with Gasteiger partial charge in [0.2, 0.25) is 0 Å². The van der Waals surface area contributed by atoms with Gasteiger partial charge in [-0.3, -0.25) is 4.98 Å². The third-order valence-corrected chi connectivity index (χ3v) is 2.94. The third kappa shape index (κ3) is 3.91. The van der Waals surface area contributed by atoms with Crippen molar-refractivity contribution in [3.05, 3.63) is 42.2 Å². The summed E-state index contributed by atoms with van der Waals surface area (Å²) in [6, 6.07) is 7.22. The van der Waals surface area contributed by atoms with Crippen molar-refractivity contribution in [1.82, 2.24) is 4.98 Å². The molecule has 1 unspecified atom stereocenters. The van der Waals surface area contributed by atoms with Crippen LogP contribution in [0.1, 0.15) is 18.0 Å². The van der Waals surface area contributed by atoms with Crippen LogP contribution in [0.4, 0.5) is 13.2 Å². The topological polar surface area (TPSA) is 48.1 Å². The molecule has 0 fully saturated rings. The van der Waals surface area contributed by atoms with Gasteiger partial charge in [0.15, 0.2) is 0 Å². The molecule has 3 nitrogen and oxygen atoms in total. The summed E-state index contributed by atoms with van der Waals surface area (Å²) in [6.07, 6.45) is -0.612. The zero-order chi connectivity index (χ0) is 14.6. The largest absolute Gasteiger partial charge is 0.411 e. The van der Waals surface area contributed by atoms with Gasteiger partial charge in [-0.25, -0.2) is 0 Å². The Balaban J connectivity index is 1.99. The molecule has 0 saturated heterocycles. The van der Waals surface area contributed by atoms with E-state index in [4.69, 9.17) is 5.73 Å². The van der Waals surface area contributed by atoms with Crippen LogP contribution in [-0.4, -0.2) is 24.4 Å². The van der Waals surface area contributed by atoms with Gasteiger partial charge in [-0.15, -0.1) is 0 Å². The summed E-state index contributed by atoms with van der Waals surface area (Å²) in [5.74, 6) is 0. The lowest BCUT2D eigenvalue weighted by Crippen LogP contribution is -2.20. The van der Waals surface area contributed by atoms with Crippen LogP contribution < -0.4 is 5.73 Å². The maximum Gasteiger partial charge on any atom is 0.411 e. The van der Waals surface area contributed by atoms with Crippen LogP contribution in [0, 0.1) is 0 Å². The van der Waals surface area contributed by atoms with Crippen molar-refractivity contribution < 1.29 is 17.9 Å². The van der Waals surface area contributed by atoms with E-state index in [0.717, 1.165) is 16.3 Å². The number of benzene rings is 1. The van der Waals surface area contributed by atoms with Crippen molar-refractivity contribution in [2.75, 3.05) is 13.2 Å². The van der Waals surface area contributed by atoms with Crippen LogP contribution in [0.15, 0.2) is 36.7 Å². The Morgan fingerprint density at radius 3 is 2.70 bits per heavy atom. The number of hydrogen-bond acceptors (Lipinski definition) is 3. The Kier molecular flexibility index (Phi) is 4.57. The number of hydrogen-bond donors (Lipinski definition) is 1. The second kappa shape index (κ2) is 6.19. The van der Waals surface area contributed by atoms with E-state index in [1.54, 1.807) is 12.4 Å². The van der Waals surface area contributed by atoms with E-state index in [1.165, 1.54) is 0 Å². The molecule has 1 heterocycles. The van der Waals surface area contributed by atoms with E-state index in [9.17, 15) is 13.2 Å². The quantitative estimate of drug-likeness (QED) is 0.858. The van der Waals surface area contributed by atoms with Crippen molar-refractivity contribution in [3.8, 4) is 0 Å². The van der Waals surface area contributed by atoms with E-state index in [0.29, 0.717) is 6.42 Å². The first kappa shape index (κ1) is 14.7. The zero-order valence-corrected chi connectivity index (χ0v) is 10.7. The van der Waals surface area contributed by atoms with Crippen molar-refractivity contribution in [2.45, 2.75) is 18.6 Å². The fourth-order valence-corrected chi connectivity index (χ4v) is 1.99. The molecule has 2 rings (SSSR count). The number of aromatic nitrogens is 1. The molecule has 1 aromatic carbocycles. The van der Waals surface area contributed by atoms with E-state index in [1.807, 2.05) is 24.3 Å². The number of nitrogens with two attached hydrogens (primary N) is 1. The Labute approximate surface area is 114 Å². The van der Waals surface area contributed by atoms with Crippen LogP contribution in [-0.2, 0) is 4.74 Å². The van der Waals surface area contributed by atoms with Crippen LogP contribution in [0.3, 0.4) is 0 Å². The monoisotopic (exact) mass is 284 g/mol. The SMILES string of the molecule is NC(CCOCC(F)(F)F)c1cncc2ccccc12. The van der Waals surface area contributed by atoms with Gasteiger partial charge < -0.3 is 10.5 Å². The summed E-state index contributed by atoms with van der Waals surface area (Å²) in [7, 11) is 0. The lowest BCUT2D eigenvalue weighted by molar-refractivity contribution is -0.174. The van der Waals surface area contributed by atoms with Crippen LogP contribution >= 0.6 is 0 Å². The second-order valence-corrected chi connectivity index (χ2v) is 4.51. The minimum atomic E-state index is -4.30. The average molecular weight is 284 g/mol. The molecule has 1 aromatic heterocycles. The maximum absolute atomic E-state index is 11.9. The summed E-state index contributed by atoms with van der Waals surface area (Å²) in [5, 5.41) is 1.92. The summed E-state index contributed by atoms with van der Waals surface area (Å²) in [5.41, 5.74) is 6.83. The highest BCUT2D eigenvalue weighted by Crippen LogP contribution is 2.24. The molecule has 0 radical (unpaired) electrons. The first-order valence-electron chi connectivity index (χ1n) is 6.20. The van der Waals surface area contributed by atoms with Gasteiger partial charge in [0.05, 0.1) is 0 Å². The van der Waals surface area contributed by atoms with E-state index in [-0.39, 0.29) is 6.61 Å². The highest BCUT2D eigenvalue weighted by molar-refractivity contribution is 5.84. The van der Waals surface area contributed by atoms with Crippen molar-refractivity contribution in [3.63, 3.8) is 0 Å². The van der Waals surface area contributed by atoms with Crippen LogP contribution in [0.2, 0.25) is 0 Å². The predicted octanol–water partition coefficient (Wildman–Crippen LogP) is 3.20. The number of halogens is 3. The molecule has 108 valence electrons. The number of ether oxygens (including phenoxy) is 1. The van der Waals surface area contributed by atoms with Gasteiger partial charge in [0.25, 0.3) is 0 Å². The van der Waals surface area contributed by atoms with E-state index in [2.05, 4.69) is 9.72 Å².